The van der Waals surface area contributed by atoms with Crippen LogP contribution in [0.3, 0.4) is 0 Å². The van der Waals surface area contributed by atoms with Crippen LogP contribution in [0, 0.1) is 5.92 Å². The molecule has 0 radical (unpaired) electrons. The number of alkyl carbamates (subject to hydrolysis) is 1. The second-order valence-corrected chi connectivity index (χ2v) is 9.29. The Labute approximate surface area is 200 Å². The monoisotopic (exact) mass is 464 g/mol. The summed E-state index contributed by atoms with van der Waals surface area (Å²) in [7, 11) is 0. The molecule has 7 nitrogen and oxygen atoms in total. The zero-order chi connectivity index (χ0) is 24.5. The standard InChI is InChI=1S/C27H32N2O5/c1-4-27(5-2,25(32)29-15-14-17(3)23(29)24(30)31)28-26(33)34-16-22-20-12-8-6-10-18(20)19-11-7-9-13-21(19)22/h6-13,17,22-23H,4-5,14-16H2,1-3H3,(H,28,33)(H,30,31). The number of carbonyl (C=O) groups excluding carboxylic acids is 2. The van der Waals surface area contributed by atoms with Crippen LogP contribution < -0.4 is 5.32 Å². The molecule has 2 aromatic carbocycles. The van der Waals surface area contributed by atoms with E-state index in [0.29, 0.717) is 25.8 Å². The normalized spacial score (nSPS) is 19.4. The van der Waals surface area contributed by atoms with Gasteiger partial charge in [0.25, 0.3) is 0 Å². The average Bonchev–Trinajstić information content (AvgIpc) is 3.39. The Morgan fingerprint density at radius 1 is 1.03 bits per heavy atom. The molecule has 2 unspecified atom stereocenters. The SMILES string of the molecule is CCC(CC)(NC(=O)OCC1c2ccccc2-c2ccccc21)C(=O)N1CCC(C)C1C(=O)O. The van der Waals surface area contributed by atoms with E-state index in [2.05, 4.69) is 17.4 Å². The number of nitrogens with one attached hydrogen (secondary N) is 1. The second kappa shape index (κ2) is 9.49. The second-order valence-electron chi connectivity index (χ2n) is 9.29. The fraction of sp³-hybridized carbons (Fsp3) is 0.444. The zero-order valence-electron chi connectivity index (χ0n) is 19.9. The molecular formula is C27H32N2O5. The van der Waals surface area contributed by atoms with Crippen molar-refractivity contribution in [3.63, 3.8) is 0 Å². The number of likely N-dealkylation sites (tertiary alicyclic amines) is 1. The Morgan fingerprint density at radius 3 is 2.12 bits per heavy atom. The quantitative estimate of drug-likeness (QED) is 0.633. The molecule has 2 N–H and O–H groups in total. The Balaban J connectivity index is 1.49. The van der Waals surface area contributed by atoms with Gasteiger partial charge >= 0.3 is 12.1 Å². The lowest BCUT2D eigenvalue weighted by Crippen LogP contribution is -2.61. The molecule has 2 aliphatic rings. The Hall–Kier alpha value is -3.35. The number of fused-ring (bicyclic) bond motifs is 3. The van der Waals surface area contributed by atoms with Crippen molar-refractivity contribution >= 4 is 18.0 Å². The van der Waals surface area contributed by atoms with Crippen LogP contribution in [0.25, 0.3) is 11.1 Å². The summed E-state index contributed by atoms with van der Waals surface area (Å²) in [5, 5.41) is 12.5. The van der Waals surface area contributed by atoms with Gasteiger partial charge in [0.15, 0.2) is 0 Å². The summed E-state index contributed by atoms with van der Waals surface area (Å²) in [5.74, 6) is -1.59. The van der Waals surface area contributed by atoms with E-state index in [1.807, 2.05) is 57.2 Å². The third-order valence-corrected chi connectivity index (χ3v) is 7.52. The molecule has 0 aromatic heterocycles. The van der Waals surface area contributed by atoms with Gasteiger partial charge in [0.2, 0.25) is 5.91 Å². The van der Waals surface area contributed by atoms with Gasteiger partial charge in [-0.3, -0.25) is 4.79 Å². The van der Waals surface area contributed by atoms with Crippen molar-refractivity contribution in [3.05, 3.63) is 59.7 Å². The minimum Gasteiger partial charge on any atom is -0.480 e. The van der Waals surface area contributed by atoms with E-state index in [1.54, 1.807) is 0 Å². The molecule has 1 aliphatic heterocycles. The summed E-state index contributed by atoms with van der Waals surface area (Å²) in [6.45, 7) is 5.99. The number of carboxylic acids is 1. The fourth-order valence-corrected chi connectivity index (χ4v) is 5.44. The van der Waals surface area contributed by atoms with E-state index in [4.69, 9.17) is 4.74 Å². The maximum atomic E-state index is 13.5. The topological polar surface area (TPSA) is 95.9 Å². The molecule has 34 heavy (non-hydrogen) atoms. The predicted octanol–water partition coefficient (Wildman–Crippen LogP) is 4.41. The Kier molecular flexibility index (Phi) is 6.64. The molecule has 1 fully saturated rings. The van der Waals surface area contributed by atoms with E-state index in [1.165, 1.54) is 4.90 Å². The van der Waals surface area contributed by atoms with Crippen LogP contribution in [0.2, 0.25) is 0 Å². The molecule has 7 heteroatoms. The van der Waals surface area contributed by atoms with Crippen LogP contribution in [0.5, 0.6) is 0 Å². The summed E-state index contributed by atoms with van der Waals surface area (Å²) < 4.78 is 5.67. The molecule has 2 atom stereocenters. The number of amides is 2. The van der Waals surface area contributed by atoms with Gasteiger partial charge in [-0.25, -0.2) is 9.59 Å². The number of carboxylic acid groups (broad SMARTS) is 1. The summed E-state index contributed by atoms with van der Waals surface area (Å²) in [5.41, 5.74) is 3.30. The lowest BCUT2D eigenvalue weighted by atomic mass is 9.90. The van der Waals surface area contributed by atoms with Crippen molar-refractivity contribution < 1.29 is 24.2 Å². The van der Waals surface area contributed by atoms with Crippen molar-refractivity contribution in [2.75, 3.05) is 13.2 Å². The molecule has 0 spiro atoms. The Bertz CT molecular complexity index is 1050. The molecule has 1 saturated heterocycles. The molecule has 0 saturated carbocycles. The molecule has 1 aliphatic carbocycles. The summed E-state index contributed by atoms with van der Waals surface area (Å²) in [6.07, 6.45) is 0.628. The number of benzene rings is 2. The summed E-state index contributed by atoms with van der Waals surface area (Å²) in [6, 6.07) is 15.3. The smallest absolute Gasteiger partial charge is 0.408 e. The molecule has 180 valence electrons. The van der Waals surface area contributed by atoms with Gasteiger partial charge in [-0.05, 0) is 47.4 Å². The first kappa shape index (κ1) is 23.8. The predicted molar refractivity (Wildman–Crippen MR) is 128 cm³/mol. The van der Waals surface area contributed by atoms with Crippen molar-refractivity contribution in [1.29, 1.82) is 0 Å². The highest BCUT2D eigenvalue weighted by molar-refractivity contribution is 5.93. The highest BCUT2D eigenvalue weighted by Crippen LogP contribution is 2.44. The van der Waals surface area contributed by atoms with Crippen molar-refractivity contribution in [3.8, 4) is 11.1 Å². The van der Waals surface area contributed by atoms with Gasteiger partial charge in [0.1, 0.15) is 18.2 Å². The summed E-state index contributed by atoms with van der Waals surface area (Å²) >= 11 is 0. The Morgan fingerprint density at radius 2 is 1.59 bits per heavy atom. The van der Waals surface area contributed by atoms with Crippen LogP contribution in [0.4, 0.5) is 4.79 Å². The van der Waals surface area contributed by atoms with Gasteiger partial charge in [-0.1, -0.05) is 69.3 Å². The fourth-order valence-electron chi connectivity index (χ4n) is 5.44. The lowest BCUT2D eigenvalue weighted by molar-refractivity contribution is -0.152. The maximum absolute atomic E-state index is 13.5. The van der Waals surface area contributed by atoms with Gasteiger partial charge in [0.05, 0.1) is 0 Å². The van der Waals surface area contributed by atoms with E-state index in [0.717, 1.165) is 22.3 Å². The highest BCUT2D eigenvalue weighted by Gasteiger charge is 2.47. The van der Waals surface area contributed by atoms with Gasteiger partial charge in [-0.15, -0.1) is 0 Å². The number of rotatable bonds is 7. The molecular weight excluding hydrogens is 432 g/mol. The molecule has 2 aromatic rings. The molecule has 2 amide bonds. The molecule has 4 rings (SSSR count). The first-order valence-corrected chi connectivity index (χ1v) is 12.0. The average molecular weight is 465 g/mol. The third-order valence-electron chi connectivity index (χ3n) is 7.52. The number of ether oxygens (including phenoxy) is 1. The third kappa shape index (κ3) is 4.04. The van der Waals surface area contributed by atoms with E-state index in [9.17, 15) is 19.5 Å². The van der Waals surface area contributed by atoms with E-state index < -0.39 is 23.6 Å². The number of carbonyl (C=O) groups is 3. The van der Waals surface area contributed by atoms with Crippen LogP contribution in [-0.4, -0.2) is 52.7 Å². The van der Waals surface area contributed by atoms with Gasteiger partial charge in [0, 0.05) is 12.5 Å². The number of aliphatic carboxylic acids is 1. The minimum atomic E-state index is -1.21. The number of nitrogens with zero attached hydrogens (tertiary/aromatic N) is 1. The maximum Gasteiger partial charge on any atom is 0.408 e. The lowest BCUT2D eigenvalue weighted by Gasteiger charge is -2.36. The highest BCUT2D eigenvalue weighted by atomic mass is 16.5. The van der Waals surface area contributed by atoms with Gasteiger partial charge in [-0.2, -0.15) is 0 Å². The van der Waals surface area contributed by atoms with Crippen LogP contribution in [0.1, 0.15) is 57.1 Å². The number of hydrogen-bond donors (Lipinski definition) is 2. The number of hydrogen-bond acceptors (Lipinski definition) is 4. The van der Waals surface area contributed by atoms with Crippen LogP contribution in [0.15, 0.2) is 48.5 Å². The van der Waals surface area contributed by atoms with Crippen molar-refractivity contribution in [2.24, 2.45) is 5.92 Å². The summed E-state index contributed by atoms with van der Waals surface area (Å²) in [4.78, 5) is 39.6. The minimum absolute atomic E-state index is 0.0812. The van der Waals surface area contributed by atoms with Crippen molar-refractivity contribution in [1.82, 2.24) is 10.2 Å². The largest absolute Gasteiger partial charge is 0.480 e. The van der Waals surface area contributed by atoms with Crippen LogP contribution in [-0.2, 0) is 14.3 Å². The van der Waals surface area contributed by atoms with Crippen molar-refractivity contribution in [2.45, 2.75) is 57.5 Å². The molecule has 1 heterocycles. The first-order valence-electron chi connectivity index (χ1n) is 12.0. The van der Waals surface area contributed by atoms with E-state index >= 15 is 0 Å². The zero-order valence-corrected chi connectivity index (χ0v) is 19.9. The first-order chi connectivity index (χ1) is 16.3. The van der Waals surface area contributed by atoms with E-state index in [-0.39, 0.29) is 24.3 Å². The van der Waals surface area contributed by atoms with Crippen LogP contribution >= 0.6 is 0 Å². The van der Waals surface area contributed by atoms with Gasteiger partial charge < -0.3 is 20.1 Å². The molecule has 0 bridgehead atoms.